The van der Waals surface area contributed by atoms with Gasteiger partial charge >= 0.3 is 0 Å². The van der Waals surface area contributed by atoms with Gasteiger partial charge in [0.25, 0.3) is 5.91 Å². The molecule has 0 saturated heterocycles. The molecule has 5 rings (SSSR count). The van der Waals surface area contributed by atoms with Gasteiger partial charge < -0.3 is 30.8 Å². The first-order valence-corrected chi connectivity index (χ1v) is 12.6. The first kappa shape index (κ1) is 26.0. The predicted octanol–water partition coefficient (Wildman–Crippen LogP) is 3.07. The molecule has 2 bridgehead atoms. The molecule has 2 aliphatic heterocycles. The van der Waals surface area contributed by atoms with E-state index in [2.05, 4.69) is 20.9 Å². The minimum absolute atomic E-state index is 0.0361. The molecule has 5 N–H and O–H groups in total. The van der Waals surface area contributed by atoms with Crippen molar-refractivity contribution >= 4 is 29.1 Å². The fraction of sp³-hybridized carbons (Fsp3) is 0.286. The Balaban J connectivity index is 1.62. The Morgan fingerprint density at radius 2 is 1.92 bits per heavy atom. The molecule has 39 heavy (non-hydrogen) atoms. The third-order valence-corrected chi connectivity index (χ3v) is 6.66. The molecule has 3 atom stereocenters. The van der Waals surface area contributed by atoms with Crippen LogP contribution >= 0.6 is 0 Å². The SMILES string of the molecule is CC(C)C1NC(=O)CCc2ccc3c(c2)[C@@H](/C=C(\c2nc(C(N)=O)co2)NC1=O)[C@H](Nc1ccc(F)cc1)O3. The molecule has 0 fully saturated rings. The van der Waals surface area contributed by atoms with E-state index in [0.717, 1.165) is 17.4 Å². The van der Waals surface area contributed by atoms with Gasteiger partial charge in [-0.1, -0.05) is 26.0 Å². The highest BCUT2D eigenvalue weighted by molar-refractivity contribution is 5.94. The summed E-state index contributed by atoms with van der Waals surface area (Å²) in [6.07, 6.45) is 2.85. The van der Waals surface area contributed by atoms with Crippen LogP contribution in [0.5, 0.6) is 5.75 Å². The van der Waals surface area contributed by atoms with E-state index in [4.69, 9.17) is 14.9 Å². The molecule has 10 nitrogen and oxygen atoms in total. The third-order valence-electron chi connectivity index (χ3n) is 6.66. The summed E-state index contributed by atoms with van der Waals surface area (Å²) < 4.78 is 25.3. The van der Waals surface area contributed by atoms with Gasteiger partial charge in [-0.2, -0.15) is 0 Å². The molecule has 0 radical (unpaired) electrons. The number of hydrogen-bond acceptors (Lipinski definition) is 7. The Bertz CT molecular complexity index is 1450. The minimum atomic E-state index is -0.834. The van der Waals surface area contributed by atoms with Gasteiger partial charge in [-0.05, 0) is 54.3 Å². The molecule has 3 amide bonds. The summed E-state index contributed by atoms with van der Waals surface area (Å²) in [4.78, 5) is 42.0. The quantitative estimate of drug-likeness (QED) is 0.394. The van der Waals surface area contributed by atoms with Gasteiger partial charge in [0, 0.05) is 17.7 Å². The van der Waals surface area contributed by atoms with Crippen LogP contribution in [0.25, 0.3) is 5.70 Å². The van der Waals surface area contributed by atoms with E-state index < -0.39 is 30.0 Å². The number of nitrogens with zero attached hydrogens (tertiary/aromatic N) is 1. The number of benzene rings is 2. The van der Waals surface area contributed by atoms with Crippen LogP contribution in [-0.4, -0.2) is 35.0 Å². The Morgan fingerprint density at radius 3 is 2.62 bits per heavy atom. The van der Waals surface area contributed by atoms with Crippen LogP contribution in [0, 0.1) is 11.7 Å². The number of nitrogens with two attached hydrogens (primary N) is 1. The average molecular weight is 534 g/mol. The molecular formula is C28H28FN5O5. The number of primary amides is 1. The Hall–Kier alpha value is -4.67. The number of aromatic nitrogens is 1. The number of oxazole rings is 1. The second-order valence-corrected chi connectivity index (χ2v) is 9.85. The zero-order valence-corrected chi connectivity index (χ0v) is 21.4. The van der Waals surface area contributed by atoms with Gasteiger partial charge in [-0.3, -0.25) is 14.4 Å². The van der Waals surface area contributed by atoms with Crippen LogP contribution in [0.3, 0.4) is 0 Å². The summed E-state index contributed by atoms with van der Waals surface area (Å²) in [7, 11) is 0. The number of nitrogens with one attached hydrogen (secondary N) is 3. The van der Waals surface area contributed by atoms with Gasteiger partial charge in [0.15, 0.2) is 11.9 Å². The molecule has 2 aliphatic rings. The zero-order chi connectivity index (χ0) is 27.7. The normalized spacial score (nSPS) is 22.4. The van der Waals surface area contributed by atoms with Crippen molar-refractivity contribution in [3.05, 3.63) is 83.3 Å². The Morgan fingerprint density at radius 1 is 1.15 bits per heavy atom. The van der Waals surface area contributed by atoms with Crippen molar-refractivity contribution in [1.29, 1.82) is 0 Å². The number of aryl methyl sites for hydroxylation is 1. The second-order valence-electron chi connectivity index (χ2n) is 9.85. The van der Waals surface area contributed by atoms with Crippen LogP contribution in [0.2, 0.25) is 0 Å². The summed E-state index contributed by atoms with van der Waals surface area (Å²) >= 11 is 0. The highest BCUT2D eigenvalue weighted by Crippen LogP contribution is 2.41. The lowest BCUT2D eigenvalue weighted by Crippen LogP contribution is -2.49. The number of rotatable bonds is 5. The number of carbonyl (C=O) groups is 3. The van der Waals surface area contributed by atoms with Gasteiger partial charge in [-0.15, -0.1) is 0 Å². The zero-order valence-electron chi connectivity index (χ0n) is 21.4. The summed E-state index contributed by atoms with van der Waals surface area (Å²) in [6, 6.07) is 10.7. The Labute approximate surface area is 223 Å². The topological polar surface area (TPSA) is 149 Å². The first-order chi connectivity index (χ1) is 18.7. The molecule has 3 aromatic rings. The summed E-state index contributed by atoms with van der Waals surface area (Å²) in [5.41, 5.74) is 7.78. The van der Waals surface area contributed by atoms with Crippen molar-refractivity contribution < 1.29 is 27.9 Å². The molecule has 3 heterocycles. The van der Waals surface area contributed by atoms with Gasteiger partial charge in [0.1, 0.15) is 29.6 Å². The number of anilines is 1. The molecule has 11 heteroatoms. The van der Waals surface area contributed by atoms with Crippen molar-refractivity contribution in [1.82, 2.24) is 15.6 Å². The van der Waals surface area contributed by atoms with Gasteiger partial charge in [0.05, 0.1) is 5.92 Å². The summed E-state index contributed by atoms with van der Waals surface area (Å²) in [5, 5.41) is 8.92. The fourth-order valence-electron chi connectivity index (χ4n) is 4.61. The molecule has 1 aromatic heterocycles. The molecule has 1 unspecified atom stereocenters. The molecule has 202 valence electrons. The van der Waals surface area contributed by atoms with E-state index in [1.807, 2.05) is 32.0 Å². The molecular weight excluding hydrogens is 505 g/mol. The largest absolute Gasteiger partial charge is 0.469 e. The van der Waals surface area contributed by atoms with Crippen LogP contribution in [0.1, 0.15) is 53.7 Å². The predicted molar refractivity (Wildman–Crippen MR) is 140 cm³/mol. The fourth-order valence-corrected chi connectivity index (χ4v) is 4.61. The second kappa shape index (κ2) is 10.6. The molecule has 2 aromatic carbocycles. The van der Waals surface area contributed by atoms with E-state index >= 15 is 0 Å². The van der Waals surface area contributed by atoms with E-state index in [9.17, 15) is 18.8 Å². The third kappa shape index (κ3) is 5.62. The monoisotopic (exact) mass is 533 g/mol. The highest BCUT2D eigenvalue weighted by Gasteiger charge is 2.36. The number of hydrogen-bond donors (Lipinski definition) is 4. The van der Waals surface area contributed by atoms with Crippen LogP contribution in [-0.2, 0) is 16.0 Å². The van der Waals surface area contributed by atoms with E-state index in [-0.39, 0.29) is 41.3 Å². The van der Waals surface area contributed by atoms with E-state index in [1.54, 1.807) is 18.2 Å². The lowest BCUT2D eigenvalue weighted by Gasteiger charge is -2.23. The van der Waals surface area contributed by atoms with Crippen molar-refractivity contribution in [2.24, 2.45) is 11.7 Å². The molecule has 0 aliphatic carbocycles. The van der Waals surface area contributed by atoms with Crippen molar-refractivity contribution in [2.75, 3.05) is 5.32 Å². The maximum Gasteiger partial charge on any atom is 0.270 e. The first-order valence-electron chi connectivity index (χ1n) is 12.6. The number of carbonyl (C=O) groups excluding carboxylic acids is 3. The maximum atomic E-state index is 13.5. The lowest BCUT2D eigenvalue weighted by atomic mass is 9.94. The van der Waals surface area contributed by atoms with Crippen molar-refractivity contribution in [2.45, 2.75) is 44.9 Å². The maximum absolute atomic E-state index is 13.5. The van der Waals surface area contributed by atoms with Crippen LogP contribution in [0.4, 0.5) is 10.1 Å². The van der Waals surface area contributed by atoms with E-state index in [1.165, 1.54) is 12.1 Å². The van der Waals surface area contributed by atoms with Crippen molar-refractivity contribution in [3.63, 3.8) is 0 Å². The van der Waals surface area contributed by atoms with Gasteiger partial charge in [-0.25, -0.2) is 9.37 Å². The van der Waals surface area contributed by atoms with Crippen molar-refractivity contribution in [3.8, 4) is 5.75 Å². The lowest BCUT2D eigenvalue weighted by molar-refractivity contribution is -0.129. The number of halogens is 1. The standard InChI is InChI=1S/C28H28FN5O5/c1-14(2)24-26(37)32-20(28-33-21(13-38-28)25(30)36)12-19-18-11-15(4-10-23(35)34-24)3-9-22(18)39-27(19)31-17-7-5-16(29)6-8-17/h3,5-9,11-14,19,24,27,31H,4,10H2,1-2H3,(H2,30,36)(H,32,37)(H,34,35)/b20-12+/t19-,24?,27-/m1/s1. The Kier molecular flexibility index (Phi) is 7.05. The molecule has 0 saturated carbocycles. The minimum Gasteiger partial charge on any atom is -0.469 e. The number of amides is 3. The average Bonchev–Trinajstić information content (AvgIpc) is 3.52. The number of fused-ring (bicyclic) bond motifs is 1. The van der Waals surface area contributed by atoms with Crippen LogP contribution in [0.15, 0.2) is 59.2 Å². The number of ether oxygens (including phenoxy) is 1. The highest BCUT2D eigenvalue weighted by atomic mass is 19.1. The summed E-state index contributed by atoms with van der Waals surface area (Å²) in [6.45, 7) is 3.65. The van der Waals surface area contributed by atoms with E-state index in [0.29, 0.717) is 17.9 Å². The van der Waals surface area contributed by atoms with Crippen LogP contribution < -0.4 is 26.4 Å². The summed E-state index contributed by atoms with van der Waals surface area (Å²) in [5.74, 6) is -2.02. The molecule has 0 spiro atoms. The smallest absolute Gasteiger partial charge is 0.270 e. The van der Waals surface area contributed by atoms with Gasteiger partial charge in [0.2, 0.25) is 17.7 Å².